The van der Waals surface area contributed by atoms with Gasteiger partial charge in [-0.25, -0.2) is 15.0 Å². The van der Waals surface area contributed by atoms with Crippen LogP contribution in [0.15, 0.2) is 35.7 Å². The molecule has 27 heavy (non-hydrogen) atoms. The number of aliphatic hydroxyl groups is 1. The molecule has 3 N–H and O–H groups in total. The van der Waals surface area contributed by atoms with E-state index in [1.807, 2.05) is 30.7 Å². The Morgan fingerprint density at radius 2 is 2.11 bits per heavy atom. The Balaban J connectivity index is 1.46. The molecule has 0 bridgehead atoms. The lowest BCUT2D eigenvalue weighted by atomic mass is 9.83. The lowest BCUT2D eigenvalue weighted by Crippen LogP contribution is -2.27. The Morgan fingerprint density at radius 1 is 1.22 bits per heavy atom. The predicted octanol–water partition coefficient (Wildman–Crippen LogP) is 2.53. The lowest BCUT2D eigenvalue weighted by molar-refractivity contribution is 0.249. The molecule has 1 fully saturated rings. The van der Waals surface area contributed by atoms with Crippen molar-refractivity contribution in [2.75, 3.05) is 11.9 Å². The van der Waals surface area contributed by atoms with E-state index in [1.165, 1.54) is 12.8 Å². The van der Waals surface area contributed by atoms with Crippen LogP contribution in [0.25, 0.3) is 17.3 Å². The topological polar surface area (TPSA) is 86.2 Å². The Labute approximate surface area is 159 Å². The van der Waals surface area contributed by atoms with Gasteiger partial charge in [-0.05, 0) is 56.9 Å². The molecule has 0 radical (unpaired) electrons. The van der Waals surface area contributed by atoms with Crippen LogP contribution in [-0.4, -0.2) is 32.7 Å². The maximum atomic E-state index is 8.99. The highest BCUT2D eigenvalue weighted by molar-refractivity contribution is 5.61. The highest BCUT2D eigenvalue weighted by atomic mass is 16.2. The van der Waals surface area contributed by atoms with Crippen molar-refractivity contribution in [3.8, 4) is 11.3 Å². The minimum absolute atomic E-state index is 0.308. The zero-order chi connectivity index (χ0) is 18.5. The van der Waals surface area contributed by atoms with Crippen LogP contribution in [0.2, 0.25) is 0 Å². The first kappa shape index (κ1) is 17.9. The van der Waals surface area contributed by atoms with E-state index >= 15 is 0 Å². The van der Waals surface area contributed by atoms with E-state index in [1.54, 1.807) is 0 Å². The van der Waals surface area contributed by atoms with Crippen LogP contribution < -0.4 is 16.0 Å². The highest BCUT2D eigenvalue weighted by Gasteiger charge is 2.21. The van der Waals surface area contributed by atoms with Gasteiger partial charge in [0.05, 0.1) is 5.69 Å². The number of allylic oxidation sites excluding steroid dienone is 1. The number of aromatic nitrogens is 3. The zero-order valence-corrected chi connectivity index (χ0v) is 15.6. The quantitative estimate of drug-likeness (QED) is 0.734. The third-order valence-corrected chi connectivity index (χ3v) is 5.55. The number of hydrogen-bond donors (Lipinski definition) is 3. The van der Waals surface area contributed by atoms with Gasteiger partial charge in [-0.1, -0.05) is 12.2 Å². The van der Waals surface area contributed by atoms with Crippen molar-refractivity contribution >= 4 is 12.0 Å². The maximum Gasteiger partial charge on any atom is 0.223 e. The van der Waals surface area contributed by atoms with Crippen molar-refractivity contribution in [3.05, 3.63) is 41.4 Å². The van der Waals surface area contributed by atoms with Gasteiger partial charge < -0.3 is 15.4 Å². The number of hydrogen-bond acceptors (Lipinski definition) is 5. The third kappa shape index (κ3) is 4.27. The van der Waals surface area contributed by atoms with E-state index < -0.39 is 0 Å². The van der Waals surface area contributed by atoms with Crippen LogP contribution in [0.4, 0.5) is 5.95 Å². The van der Waals surface area contributed by atoms with Gasteiger partial charge in [0.25, 0.3) is 0 Å². The summed E-state index contributed by atoms with van der Waals surface area (Å²) in [5.74, 6) is 1.45. The van der Waals surface area contributed by atoms with E-state index in [9.17, 15) is 0 Å². The number of H-pyrrole nitrogens is 1. The smallest absolute Gasteiger partial charge is 0.223 e. The van der Waals surface area contributed by atoms with Crippen molar-refractivity contribution in [1.29, 1.82) is 0 Å². The van der Waals surface area contributed by atoms with E-state index in [0.717, 1.165) is 60.0 Å². The summed E-state index contributed by atoms with van der Waals surface area (Å²) in [6.07, 6.45) is 17.5. The summed E-state index contributed by atoms with van der Waals surface area (Å²) in [7, 11) is 0. The molecular weight excluding hydrogens is 338 g/mol. The molecule has 1 aliphatic heterocycles. The second-order valence-electron chi connectivity index (χ2n) is 7.41. The minimum atomic E-state index is 0.308. The largest absolute Gasteiger partial charge is 0.396 e. The second kappa shape index (κ2) is 8.48. The summed E-state index contributed by atoms with van der Waals surface area (Å²) in [5, 5.41) is 13.6. The number of rotatable bonds is 6. The standard InChI is InChI=1S/C21H27N5O/c27-13-3-4-15-6-8-16(9-7-15)25-21-23-12-10-19(26-21)18-14-24-20-17(18)5-1-2-11-22-20/h2,5,10-12,14-16,27H,1,3-4,6-9,13H2,(H,22,24)(H,23,25,26). The van der Waals surface area contributed by atoms with Gasteiger partial charge in [0, 0.05) is 42.0 Å². The number of aliphatic hydroxyl groups excluding tert-OH is 1. The summed E-state index contributed by atoms with van der Waals surface area (Å²) in [6, 6.07) is 2.38. The van der Waals surface area contributed by atoms with E-state index in [2.05, 4.69) is 26.4 Å². The molecule has 1 saturated carbocycles. The van der Waals surface area contributed by atoms with Crippen LogP contribution in [0.1, 0.15) is 44.9 Å². The van der Waals surface area contributed by atoms with Gasteiger partial charge in [-0.15, -0.1) is 0 Å². The predicted molar refractivity (Wildman–Crippen MR) is 107 cm³/mol. The van der Waals surface area contributed by atoms with Crippen LogP contribution >= 0.6 is 0 Å². The molecule has 0 aromatic carbocycles. The van der Waals surface area contributed by atoms with Gasteiger partial charge in [0.1, 0.15) is 5.49 Å². The fourth-order valence-corrected chi connectivity index (χ4v) is 4.06. The summed E-state index contributed by atoms with van der Waals surface area (Å²) >= 11 is 0. The maximum absolute atomic E-state index is 8.99. The average molecular weight is 365 g/mol. The Hall–Kier alpha value is -2.47. The fourth-order valence-electron chi connectivity index (χ4n) is 4.06. The number of fused-ring (bicyclic) bond motifs is 1. The SMILES string of the molecule is OCCCC1CCC(Nc2nccc(-c3c[nH]c4c3=CCC=CN=4)n2)CC1. The number of anilines is 1. The first-order valence-corrected chi connectivity index (χ1v) is 9.94. The first-order valence-electron chi connectivity index (χ1n) is 9.94. The van der Waals surface area contributed by atoms with E-state index in [0.29, 0.717) is 18.6 Å². The summed E-state index contributed by atoms with van der Waals surface area (Å²) in [4.78, 5) is 16.9. The fraction of sp³-hybridized carbons (Fsp3) is 0.476. The lowest BCUT2D eigenvalue weighted by Gasteiger charge is -2.29. The normalized spacial score (nSPS) is 21.7. The van der Waals surface area contributed by atoms with Gasteiger partial charge in [0.15, 0.2) is 0 Å². The van der Waals surface area contributed by atoms with Crippen LogP contribution in [0.3, 0.4) is 0 Å². The van der Waals surface area contributed by atoms with Crippen molar-refractivity contribution in [2.45, 2.75) is 51.0 Å². The molecule has 2 aromatic heterocycles. The van der Waals surface area contributed by atoms with Gasteiger partial charge in [-0.3, -0.25) is 0 Å². The van der Waals surface area contributed by atoms with E-state index in [-0.39, 0.29) is 0 Å². The van der Waals surface area contributed by atoms with Crippen molar-refractivity contribution in [1.82, 2.24) is 15.0 Å². The molecule has 2 aromatic rings. The van der Waals surface area contributed by atoms with Crippen LogP contribution in [0, 0.1) is 5.92 Å². The van der Waals surface area contributed by atoms with Crippen molar-refractivity contribution < 1.29 is 5.11 Å². The molecule has 0 saturated heterocycles. The third-order valence-electron chi connectivity index (χ3n) is 5.55. The second-order valence-corrected chi connectivity index (χ2v) is 7.41. The Bertz CT molecular complexity index is 909. The summed E-state index contributed by atoms with van der Waals surface area (Å²) in [6.45, 7) is 0.308. The summed E-state index contributed by atoms with van der Waals surface area (Å²) < 4.78 is 0. The molecule has 142 valence electrons. The summed E-state index contributed by atoms with van der Waals surface area (Å²) in [5.41, 5.74) is 2.86. The average Bonchev–Trinajstić information content (AvgIpc) is 2.96. The van der Waals surface area contributed by atoms with Gasteiger partial charge >= 0.3 is 0 Å². The first-order chi connectivity index (χ1) is 13.3. The molecule has 0 spiro atoms. The van der Waals surface area contributed by atoms with Crippen LogP contribution in [0.5, 0.6) is 0 Å². The molecule has 0 atom stereocenters. The Morgan fingerprint density at radius 3 is 2.96 bits per heavy atom. The molecule has 6 nitrogen and oxygen atoms in total. The van der Waals surface area contributed by atoms with Gasteiger partial charge in [0.2, 0.25) is 5.95 Å². The molecule has 1 aliphatic carbocycles. The number of nitrogens with one attached hydrogen (secondary N) is 2. The van der Waals surface area contributed by atoms with Crippen LogP contribution in [-0.2, 0) is 0 Å². The molecule has 3 heterocycles. The molecule has 6 heteroatoms. The Kier molecular flexibility index (Phi) is 5.63. The molecule has 4 rings (SSSR count). The van der Waals surface area contributed by atoms with Gasteiger partial charge in [-0.2, -0.15) is 0 Å². The number of nitrogens with zero attached hydrogens (tertiary/aromatic N) is 3. The number of aromatic amines is 1. The van der Waals surface area contributed by atoms with Crippen molar-refractivity contribution in [2.24, 2.45) is 10.9 Å². The molecule has 0 unspecified atom stereocenters. The monoisotopic (exact) mass is 365 g/mol. The minimum Gasteiger partial charge on any atom is -0.396 e. The molecular formula is C21H27N5O. The highest BCUT2D eigenvalue weighted by Crippen LogP contribution is 2.29. The molecule has 0 amide bonds. The van der Waals surface area contributed by atoms with E-state index in [4.69, 9.17) is 10.1 Å². The van der Waals surface area contributed by atoms with Crippen molar-refractivity contribution in [3.63, 3.8) is 0 Å². The molecule has 2 aliphatic rings. The zero-order valence-electron chi connectivity index (χ0n) is 15.6.